The predicted octanol–water partition coefficient (Wildman–Crippen LogP) is 1.75. The van der Waals surface area contributed by atoms with E-state index in [2.05, 4.69) is 11.8 Å². The van der Waals surface area contributed by atoms with Crippen molar-refractivity contribution in [2.75, 3.05) is 18.1 Å². The monoisotopic (exact) mass is 199 g/mol. The average molecular weight is 199 g/mol. The third kappa shape index (κ3) is 2.19. The second-order valence-electron chi connectivity index (χ2n) is 4.06. The molecule has 1 atom stereocenters. The van der Waals surface area contributed by atoms with Crippen molar-refractivity contribution in [1.29, 1.82) is 0 Å². The molecule has 0 radical (unpaired) electrons. The largest absolute Gasteiger partial charge is 0.339 e. The molecule has 0 bridgehead atoms. The number of nitrogens with zero attached hydrogens (tertiary/aromatic N) is 1. The van der Waals surface area contributed by atoms with E-state index in [9.17, 15) is 4.79 Å². The molecule has 1 saturated carbocycles. The summed E-state index contributed by atoms with van der Waals surface area (Å²) < 4.78 is 0. The van der Waals surface area contributed by atoms with Gasteiger partial charge in [0.1, 0.15) is 0 Å². The molecule has 13 heavy (non-hydrogen) atoms. The fourth-order valence-corrected chi connectivity index (χ4v) is 2.82. The number of hydrogen-bond donors (Lipinski definition) is 0. The van der Waals surface area contributed by atoms with Gasteiger partial charge in [-0.2, -0.15) is 11.8 Å². The first-order valence-electron chi connectivity index (χ1n) is 5.17. The van der Waals surface area contributed by atoms with Gasteiger partial charge in [0.15, 0.2) is 0 Å². The van der Waals surface area contributed by atoms with Crippen molar-refractivity contribution < 1.29 is 4.79 Å². The van der Waals surface area contributed by atoms with Crippen LogP contribution in [-0.4, -0.2) is 34.9 Å². The maximum absolute atomic E-state index is 11.8. The van der Waals surface area contributed by atoms with Crippen LogP contribution in [0.3, 0.4) is 0 Å². The highest BCUT2D eigenvalue weighted by atomic mass is 32.2. The molecule has 0 aromatic carbocycles. The highest BCUT2D eigenvalue weighted by molar-refractivity contribution is 7.99. The zero-order chi connectivity index (χ0) is 9.26. The van der Waals surface area contributed by atoms with Crippen LogP contribution in [-0.2, 0) is 4.79 Å². The molecule has 2 nitrogen and oxygen atoms in total. The van der Waals surface area contributed by atoms with E-state index in [1.54, 1.807) is 0 Å². The third-order valence-electron chi connectivity index (χ3n) is 2.90. The summed E-state index contributed by atoms with van der Waals surface area (Å²) in [6.45, 7) is 3.16. The van der Waals surface area contributed by atoms with E-state index < -0.39 is 0 Å². The molecule has 2 aliphatic rings. The van der Waals surface area contributed by atoms with Gasteiger partial charge in [0, 0.05) is 24.3 Å². The molecule has 1 heterocycles. The molecule has 0 spiro atoms. The lowest BCUT2D eigenvalue weighted by atomic mass is 10.2. The molecular formula is C10H17NOS. The lowest BCUT2D eigenvalue weighted by Gasteiger charge is -2.26. The Balaban J connectivity index is 1.96. The Labute approximate surface area is 84.1 Å². The van der Waals surface area contributed by atoms with Crippen LogP contribution in [0.15, 0.2) is 0 Å². The second kappa shape index (κ2) is 3.91. The van der Waals surface area contributed by atoms with Gasteiger partial charge in [-0.15, -0.1) is 0 Å². The lowest BCUT2D eigenvalue weighted by Crippen LogP contribution is -2.40. The van der Waals surface area contributed by atoms with Crippen LogP contribution in [0.5, 0.6) is 0 Å². The Bertz CT molecular complexity index is 203. The fourth-order valence-electron chi connectivity index (χ4n) is 1.79. The summed E-state index contributed by atoms with van der Waals surface area (Å²) in [5.74, 6) is 3.17. The Hall–Kier alpha value is -0.180. The molecule has 2 fully saturated rings. The lowest BCUT2D eigenvalue weighted by molar-refractivity contribution is -0.134. The molecule has 1 saturated heterocycles. The smallest absolute Gasteiger partial charge is 0.225 e. The molecule has 3 heteroatoms. The van der Waals surface area contributed by atoms with Gasteiger partial charge < -0.3 is 4.90 Å². The van der Waals surface area contributed by atoms with Crippen LogP contribution in [0.25, 0.3) is 0 Å². The molecule has 1 aliphatic carbocycles. The molecule has 0 aromatic rings. The van der Waals surface area contributed by atoms with Crippen LogP contribution >= 0.6 is 11.8 Å². The standard InChI is InChI=1S/C10H17NOS/c1-8-4-6-13-7-5-11(8)10(12)9-2-3-9/h8-9H,2-7H2,1H3. The summed E-state index contributed by atoms with van der Waals surface area (Å²) in [5, 5.41) is 0. The quantitative estimate of drug-likeness (QED) is 0.641. The fraction of sp³-hybridized carbons (Fsp3) is 0.900. The van der Waals surface area contributed by atoms with Gasteiger partial charge in [-0.1, -0.05) is 0 Å². The predicted molar refractivity (Wildman–Crippen MR) is 55.8 cm³/mol. The molecule has 1 amide bonds. The van der Waals surface area contributed by atoms with Crippen LogP contribution in [0.2, 0.25) is 0 Å². The van der Waals surface area contributed by atoms with Crippen molar-refractivity contribution >= 4 is 17.7 Å². The number of thioether (sulfide) groups is 1. The van der Waals surface area contributed by atoms with Gasteiger partial charge in [0.25, 0.3) is 0 Å². The van der Waals surface area contributed by atoms with Crippen molar-refractivity contribution in [2.45, 2.75) is 32.2 Å². The molecule has 1 unspecified atom stereocenters. The first-order valence-corrected chi connectivity index (χ1v) is 6.32. The number of carbonyl (C=O) groups is 1. The SMILES string of the molecule is CC1CCSCCN1C(=O)C1CC1. The number of rotatable bonds is 1. The third-order valence-corrected chi connectivity index (χ3v) is 3.89. The molecule has 1 aliphatic heterocycles. The summed E-state index contributed by atoms with van der Waals surface area (Å²) in [6.07, 6.45) is 3.44. The van der Waals surface area contributed by atoms with E-state index in [4.69, 9.17) is 0 Å². The van der Waals surface area contributed by atoms with Crippen LogP contribution < -0.4 is 0 Å². The summed E-state index contributed by atoms with van der Waals surface area (Å²) in [7, 11) is 0. The van der Waals surface area contributed by atoms with Crippen LogP contribution in [0.4, 0.5) is 0 Å². The summed E-state index contributed by atoms with van der Waals surface area (Å²) >= 11 is 1.98. The number of hydrogen-bond acceptors (Lipinski definition) is 2. The molecule has 2 rings (SSSR count). The van der Waals surface area contributed by atoms with Gasteiger partial charge in [0.2, 0.25) is 5.91 Å². The van der Waals surface area contributed by atoms with Crippen molar-refractivity contribution in [2.24, 2.45) is 5.92 Å². The first kappa shape index (κ1) is 9.38. The number of amides is 1. The van der Waals surface area contributed by atoms with Crippen molar-refractivity contribution in [3.8, 4) is 0 Å². The summed E-state index contributed by atoms with van der Waals surface area (Å²) in [6, 6.07) is 0.475. The van der Waals surface area contributed by atoms with E-state index in [0.717, 1.165) is 25.1 Å². The van der Waals surface area contributed by atoms with E-state index in [1.165, 1.54) is 12.2 Å². The maximum atomic E-state index is 11.8. The Morgan fingerprint density at radius 2 is 2.08 bits per heavy atom. The normalized spacial score (nSPS) is 29.9. The molecular weight excluding hydrogens is 182 g/mol. The topological polar surface area (TPSA) is 20.3 Å². The first-order chi connectivity index (χ1) is 6.29. The van der Waals surface area contributed by atoms with Gasteiger partial charge in [0.05, 0.1) is 0 Å². The van der Waals surface area contributed by atoms with Gasteiger partial charge in [-0.25, -0.2) is 0 Å². The molecule has 74 valence electrons. The van der Waals surface area contributed by atoms with E-state index in [-0.39, 0.29) is 0 Å². The van der Waals surface area contributed by atoms with Crippen molar-refractivity contribution in [3.63, 3.8) is 0 Å². The summed E-state index contributed by atoms with van der Waals surface area (Å²) in [5.41, 5.74) is 0. The Kier molecular flexibility index (Phi) is 2.82. The van der Waals surface area contributed by atoms with Crippen LogP contribution in [0, 0.1) is 5.92 Å². The Morgan fingerprint density at radius 3 is 2.77 bits per heavy atom. The second-order valence-corrected chi connectivity index (χ2v) is 5.28. The Morgan fingerprint density at radius 1 is 1.31 bits per heavy atom. The minimum atomic E-state index is 0.394. The van der Waals surface area contributed by atoms with Gasteiger partial charge in [-0.05, 0) is 31.9 Å². The maximum Gasteiger partial charge on any atom is 0.225 e. The molecule has 0 aromatic heterocycles. The van der Waals surface area contributed by atoms with Gasteiger partial charge in [-0.3, -0.25) is 4.79 Å². The zero-order valence-corrected chi connectivity index (χ0v) is 8.98. The number of carbonyl (C=O) groups excluding carboxylic acids is 1. The van der Waals surface area contributed by atoms with E-state index >= 15 is 0 Å². The highest BCUT2D eigenvalue weighted by Gasteiger charge is 2.35. The average Bonchev–Trinajstić information content (AvgIpc) is 2.89. The summed E-state index contributed by atoms with van der Waals surface area (Å²) in [4.78, 5) is 13.9. The minimum absolute atomic E-state index is 0.394. The highest BCUT2D eigenvalue weighted by Crippen LogP contribution is 2.32. The van der Waals surface area contributed by atoms with E-state index in [1.807, 2.05) is 11.8 Å². The van der Waals surface area contributed by atoms with Crippen LogP contribution in [0.1, 0.15) is 26.2 Å². The molecule has 0 N–H and O–H groups in total. The van der Waals surface area contributed by atoms with Crippen molar-refractivity contribution in [1.82, 2.24) is 4.90 Å². The zero-order valence-electron chi connectivity index (χ0n) is 8.16. The van der Waals surface area contributed by atoms with E-state index in [0.29, 0.717) is 17.9 Å². The van der Waals surface area contributed by atoms with Gasteiger partial charge >= 0.3 is 0 Å². The minimum Gasteiger partial charge on any atom is -0.339 e. The van der Waals surface area contributed by atoms with Crippen molar-refractivity contribution in [3.05, 3.63) is 0 Å².